The minimum absolute atomic E-state index is 0.151. The van der Waals surface area contributed by atoms with Gasteiger partial charge in [-0.15, -0.1) is 5.11 Å². The lowest BCUT2D eigenvalue weighted by molar-refractivity contribution is -0.0573. The molecule has 0 spiro atoms. The van der Waals surface area contributed by atoms with E-state index in [4.69, 9.17) is 23.2 Å². The van der Waals surface area contributed by atoms with Crippen molar-refractivity contribution >= 4 is 12.1 Å². The third-order valence-corrected chi connectivity index (χ3v) is 1.79. The molecule has 0 radical (unpaired) electrons. The Morgan fingerprint density at radius 2 is 1.88 bits per heavy atom. The fourth-order valence-corrected chi connectivity index (χ4v) is 0.970. The van der Waals surface area contributed by atoms with Crippen LogP contribution in [0.2, 0.25) is 0 Å². The second-order valence-electron chi connectivity index (χ2n) is 2.78. The van der Waals surface area contributed by atoms with Gasteiger partial charge in [0.25, 0.3) is 0 Å². The molecule has 4 amide bonds. The van der Waals surface area contributed by atoms with Gasteiger partial charge in [0.1, 0.15) is 5.70 Å². The van der Waals surface area contributed by atoms with Crippen molar-refractivity contribution in [2.75, 3.05) is 0 Å². The minimum atomic E-state index is -2.45. The molecule has 1 heterocycles. The standard InChI is InChI=1S/C5H10N8O3/c6-3(14)12(8)2-1-10-11-5(2,16)13(9)4(7)15/h1,16H,8-9H2,(H2,6,14)(H2,7,15). The smallest absolute Gasteiger partial charge is 0.333 e. The maximum absolute atomic E-state index is 10.8. The number of hydrazine groups is 2. The molecule has 0 aromatic heterocycles. The Bertz CT molecular complexity index is 391. The molecule has 0 bridgehead atoms. The van der Waals surface area contributed by atoms with Gasteiger partial charge >= 0.3 is 17.9 Å². The summed E-state index contributed by atoms with van der Waals surface area (Å²) >= 11 is 0. The number of rotatable bonds is 2. The molecule has 1 aliphatic heterocycles. The van der Waals surface area contributed by atoms with Crippen LogP contribution in [0, 0.1) is 0 Å². The predicted octanol–water partition coefficient (Wildman–Crippen LogP) is -2.55. The van der Waals surface area contributed by atoms with Crippen LogP contribution in [0.25, 0.3) is 0 Å². The minimum Gasteiger partial charge on any atom is -0.350 e. The Morgan fingerprint density at radius 1 is 1.31 bits per heavy atom. The number of primary amides is 2. The topological polar surface area (TPSA) is 190 Å². The highest BCUT2D eigenvalue weighted by Crippen LogP contribution is 2.27. The molecule has 16 heavy (non-hydrogen) atoms. The van der Waals surface area contributed by atoms with Crippen molar-refractivity contribution in [3.8, 4) is 0 Å². The molecule has 88 valence electrons. The van der Waals surface area contributed by atoms with Gasteiger partial charge in [0, 0.05) is 0 Å². The van der Waals surface area contributed by atoms with Crippen molar-refractivity contribution in [1.82, 2.24) is 10.0 Å². The van der Waals surface area contributed by atoms with Crippen LogP contribution >= 0.6 is 0 Å². The third-order valence-electron chi connectivity index (χ3n) is 1.79. The summed E-state index contributed by atoms with van der Waals surface area (Å²) < 4.78 is 0. The Morgan fingerprint density at radius 3 is 2.31 bits per heavy atom. The van der Waals surface area contributed by atoms with E-state index in [2.05, 4.69) is 10.2 Å². The molecule has 0 saturated heterocycles. The van der Waals surface area contributed by atoms with Crippen LogP contribution in [0.3, 0.4) is 0 Å². The van der Waals surface area contributed by atoms with Crippen molar-refractivity contribution in [1.29, 1.82) is 0 Å². The highest BCUT2D eigenvalue weighted by Gasteiger charge is 2.46. The normalized spacial score (nSPS) is 22.8. The van der Waals surface area contributed by atoms with Crippen LogP contribution < -0.4 is 23.2 Å². The number of nitrogens with two attached hydrogens (primary N) is 4. The first-order valence-corrected chi connectivity index (χ1v) is 3.84. The van der Waals surface area contributed by atoms with E-state index in [1.807, 2.05) is 0 Å². The molecule has 1 rings (SSSR count). The van der Waals surface area contributed by atoms with Gasteiger partial charge in [0.2, 0.25) is 0 Å². The van der Waals surface area contributed by atoms with Gasteiger partial charge in [-0.25, -0.2) is 31.3 Å². The summed E-state index contributed by atoms with van der Waals surface area (Å²) in [5, 5.41) is 16.8. The lowest BCUT2D eigenvalue weighted by atomic mass is 10.3. The maximum Gasteiger partial charge on any atom is 0.333 e. The van der Waals surface area contributed by atoms with Crippen molar-refractivity contribution in [3.05, 3.63) is 11.9 Å². The average molecular weight is 230 g/mol. The van der Waals surface area contributed by atoms with Gasteiger partial charge in [-0.3, -0.25) is 0 Å². The summed E-state index contributed by atoms with van der Waals surface area (Å²) in [6.07, 6.45) is 0.910. The molecule has 0 aromatic rings. The Kier molecular flexibility index (Phi) is 2.76. The van der Waals surface area contributed by atoms with Crippen molar-refractivity contribution in [2.45, 2.75) is 5.85 Å². The van der Waals surface area contributed by atoms with Crippen LogP contribution in [0.4, 0.5) is 9.59 Å². The predicted molar refractivity (Wildman–Crippen MR) is 49.1 cm³/mol. The zero-order chi connectivity index (χ0) is 12.5. The zero-order valence-corrected chi connectivity index (χ0v) is 7.94. The fourth-order valence-electron chi connectivity index (χ4n) is 0.970. The van der Waals surface area contributed by atoms with E-state index in [-0.39, 0.29) is 5.01 Å². The number of azo groups is 1. The molecule has 1 atom stereocenters. The van der Waals surface area contributed by atoms with Crippen LogP contribution in [-0.2, 0) is 0 Å². The summed E-state index contributed by atoms with van der Waals surface area (Å²) in [6.45, 7) is 0. The van der Waals surface area contributed by atoms with Gasteiger partial charge in [0.15, 0.2) is 0 Å². The van der Waals surface area contributed by atoms with Gasteiger partial charge in [-0.1, -0.05) is 0 Å². The lowest BCUT2D eigenvalue weighted by Crippen LogP contribution is -2.61. The molecule has 1 unspecified atom stereocenters. The van der Waals surface area contributed by atoms with E-state index >= 15 is 0 Å². The van der Waals surface area contributed by atoms with Crippen LogP contribution in [0.15, 0.2) is 22.1 Å². The van der Waals surface area contributed by atoms with Gasteiger partial charge in [-0.2, -0.15) is 5.11 Å². The molecule has 11 nitrogen and oxygen atoms in total. The number of nitrogens with zero attached hydrogens (tertiary/aromatic N) is 4. The molecule has 0 saturated carbocycles. The third kappa shape index (κ3) is 1.65. The van der Waals surface area contributed by atoms with Crippen LogP contribution in [0.1, 0.15) is 0 Å². The molecule has 11 heteroatoms. The Hall–Kier alpha value is -2.24. The first-order valence-electron chi connectivity index (χ1n) is 3.84. The highest BCUT2D eigenvalue weighted by molar-refractivity contribution is 5.75. The quantitative estimate of drug-likeness (QED) is 0.151. The summed E-state index contributed by atoms with van der Waals surface area (Å²) in [7, 11) is 0. The zero-order valence-electron chi connectivity index (χ0n) is 7.94. The fraction of sp³-hybridized carbons (Fsp3) is 0.200. The lowest BCUT2D eigenvalue weighted by Gasteiger charge is -2.31. The second kappa shape index (κ2) is 3.73. The van der Waals surface area contributed by atoms with Gasteiger partial charge < -0.3 is 16.6 Å². The summed E-state index contributed by atoms with van der Waals surface area (Å²) in [5.41, 5.74) is 9.30. The van der Waals surface area contributed by atoms with Crippen molar-refractivity contribution in [2.24, 2.45) is 33.4 Å². The van der Waals surface area contributed by atoms with Gasteiger partial charge in [0.05, 0.1) is 6.20 Å². The van der Waals surface area contributed by atoms with E-state index in [0.29, 0.717) is 5.01 Å². The number of aliphatic hydroxyl groups is 1. The molecular formula is C5H10N8O3. The maximum atomic E-state index is 10.8. The molecule has 9 N–H and O–H groups in total. The number of hydrogen-bond donors (Lipinski definition) is 5. The summed E-state index contributed by atoms with van der Waals surface area (Å²) in [4.78, 5) is 21.6. The van der Waals surface area contributed by atoms with E-state index in [1.165, 1.54) is 0 Å². The van der Waals surface area contributed by atoms with Crippen LogP contribution in [0.5, 0.6) is 0 Å². The van der Waals surface area contributed by atoms with Crippen LogP contribution in [-0.4, -0.2) is 33.0 Å². The summed E-state index contributed by atoms with van der Waals surface area (Å²) in [5.74, 6) is 7.93. The highest BCUT2D eigenvalue weighted by atomic mass is 16.3. The van der Waals surface area contributed by atoms with E-state index in [9.17, 15) is 14.7 Å². The Labute approximate surface area is 88.9 Å². The monoisotopic (exact) mass is 230 g/mol. The van der Waals surface area contributed by atoms with E-state index < -0.39 is 23.6 Å². The molecule has 0 aliphatic carbocycles. The first-order chi connectivity index (χ1) is 7.30. The average Bonchev–Trinajstić information content (AvgIpc) is 2.58. The van der Waals surface area contributed by atoms with Crippen molar-refractivity contribution < 1.29 is 14.7 Å². The number of amides is 4. The summed E-state index contributed by atoms with van der Waals surface area (Å²) in [6, 6.07) is -2.30. The molecule has 0 aromatic carbocycles. The molecule has 1 aliphatic rings. The van der Waals surface area contributed by atoms with E-state index in [0.717, 1.165) is 6.20 Å². The first kappa shape index (κ1) is 11.8. The Balaban J connectivity index is 3.06. The number of carbonyl (C=O) groups is 2. The molecular weight excluding hydrogens is 220 g/mol. The number of urea groups is 2. The second-order valence-corrected chi connectivity index (χ2v) is 2.78. The van der Waals surface area contributed by atoms with Crippen molar-refractivity contribution in [3.63, 3.8) is 0 Å². The van der Waals surface area contributed by atoms with E-state index in [1.54, 1.807) is 0 Å². The molecule has 0 fully saturated rings. The number of carbonyl (C=O) groups excluding carboxylic acids is 2. The van der Waals surface area contributed by atoms with Gasteiger partial charge in [-0.05, 0) is 0 Å². The largest absolute Gasteiger partial charge is 0.350 e. The SMILES string of the molecule is NC(=O)N(N)C1=CN=NC1(O)N(N)C(N)=O. The number of hydrogen-bond acceptors (Lipinski definition) is 7.